The Balaban J connectivity index is 0.000000246. The summed E-state index contributed by atoms with van der Waals surface area (Å²) in [5.41, 5.74) is 13.6. The first-order valence-corrected chi connectivity index (χ1v) is 32.2. The minimum atomic E-state index is -4.90. The second-order valence-electron chi connectivity index (χ2n) is 20.6. The predicted octanol–water partition coefficient (Wildman–Crippen LogP) is 7.85. The molecule has 0 bridgehead atoms. The first kappa shape index (κ1) is 77.2. The number of rotatable bonds is 23. The van der Waals surface area contributed by atoms with Crippen LogP contribution in [0.25, 0.3) is 38.0 Å². The molecule has 9 aromatic rings. The highest BCUT2D eigenvalue weighted by molar-refractivity contribution is 7.81. The molecule has 0 spiro atoms. The first-order chi connectivity index (χ1) is 46.5. The second-order valence-corrected chi connectivity index (χ2v) is 22.5. The van der Waals surface area contributed by atoms with E-state index >= 15 is 0 Å². The largest absolute Gasteiger partial charge is 0.716 e. The molecule has 3 amide bonds. The SMILES string of the molecule is C=C(NCCCNC(=O)c1ccc2cc(OC(C)=O)ccc2c1)c1ccc(O)cc1.CC(=O)Oc1ccc2cc(C(=O)O)ccc2c1.COC(=O)c1ccc(O)cc1.NCCCN.O=C(NCCCNC(=O)c1ccc2cc(OS(=O)(=O)[O-])ccc2c1)c1ccc(OS(=O)(=O)[O-])cc1. The molecule has 98 heavy (non-hydrogen) atoms. The van der Waals surface area contributed by atoms with Crippen molar-refractivity contribution in [2.24, 2.45) is 11.5 Å². The Morgan fingerprint density at radius 3 is 1.12 bits per heavy atom. The maximum atomic E-state index is 12.4. The van der Waals surface area contributed by atoms with E-state index in [4.69, 9.17) is 31.2 Å². The van der Waals surface area contributed by atoms with Crippen LogP contribution in [0, 0.1) is 0 Å². The van der Waals surface area contributed by atoms with Gasteiger partial charge in [-0.15, -0.1) is 0 Å². The molecule has 29 heteroatoms. The second kappa shape index (κ2) is 38.2. The highest BCUT2D eigenvalue weighted by atomic mass is 32.3. The molecular weight excluding hydrogens is 1310 g/mol. The maximum absolute atomic E-state index is 12.4. The van der Waals surface area contributed by atoms with Crippen molar-refractivity contribution in [1.82, 2.24) is 21.3 Å². The molecule has 516 valence electrons. The van der Waals surface area contributed by atoms with Gasteiger partial charge < -0.3 is 79.7 Å². The van der Waals surface area contributed by atoms with E-state index in [0.29, 0.717) is 58.5 Å². The number of ether oxygens (including phenoxy) is 3. The third-order valence-corrected chi connectivity index (χ3v) is 13.9. The minimum absolute atomic E-state index is 0.133. The molecule has 0 aliphatic heterocycles. The Hall–Kier alpha value is -11.5. The molecule has 0 radical (unpaired) electrons. The maximum Gasteiger partial charge on any atom is 0.337 e. The topological polar surface area (TPSA) is 441 Å². The van der Waals surface area contributed by atoms with Gasteiger partial charge in [-0.2, -0.15) is 0 Å². The Bertz CT molecular complexity index is 4500. The number of carbonyl (C=O) groups is 7. The smallest absolute Gasteiger partial charge is 0.337 e. The number of nitrogens with one attached hydrogen (secondary N) is 4. The van der Waals surface area contributed by atoms with Crippen LogP contribution in [0.4, 0.5) is 0 Å². The van der Waals surface area contributed by atoms with Gasteiger partial charge in [-0.3, -0.25) is 24.0 Å². The van der Waals surface area contributed by atoms with Gasteiger partial charge in [-0.1, -0.05) is 43.0 Å². The number of methoxy groups -OCH3 is 1. The number of phenols is 2. The molecule has 0 unspecified atom stereocenters. The number of hydrogen-bond donors (Lipinski definition) is 9. The molecule has 0 heterocycles. The molecule has 11 N–H and O–H groups in total. The number of carbonyl (C=O) groups excluding carboxylic acids is 6. The fourth-order valence-corrected chi connectivity index (χ4v) is 9.11. The van der Waals surface area contributed by atoms with Crippen molar-refractivity contribution in [2.45, 2.75) is 33.1 Å². The average molecular weight is 1380 g/mol. The Labute approximate surface area is 563 Å². The lowest BCUT2D eigenvalue weighted by Crippen LogP contribution is -2.29. The Kier molecular flexibility index (Phi) is 30.1. The number of hydrogen-bond acceptors (Lipinski definition) is 23. The van der Waals surface area contributed by atoms with Gasteiger partial charge in [0, 0.05) is 62.4 Å². The van der Waals surface area contributed by atoms with Gasteiger partial charge in [0.2, 0.25) is 0 Å². The van der Waals surface area contributed by atoms with Gasteiger partial charge in [-0.05, 0) is 216 Å². The summed E-state index contributed by atoms with van der Waals surface area (Å²) >= 11 is 0. The van der Waals surface area contributed by atoms with E-state index in [9.17, 15) is 64.6 Å². The zero-order valence-corrected chi connectivity index (χ0v) is 54.7. The van der Waals surface area contributed by atoms with Gasteiger partial charge >= 0.3 is 23.9 Å². The zero-order valence-electron chi connectivity index (χ0n) is 53.1. The van der Waals surface area contributed by atoms with Crippen molar-refractivity contribution < 1.29 is 97.4 Å². The summed E-state index contributed by atoms with van der Waals surface area (Å²) in [7, 11) is -8.47. The summed E-state index contributed by atoms with van der Waals surface area (Å²) in [5, 5.41) is 43.1. The van der Waals surface area contributed by atoms with Crippen LogP contribution in [-0.2, 0) is 35.1 Å². The summed E-state index contributed by atoms with van der Waals surface area (Å²) in [6.45, 7) is 9.80. The number of fused-ring (bicyclic) bond motifs is 3. The highest BCUT2D eigenvalue weighted by Crippen LogP contribution is 2.26. The highest BCUT2D eigenvalue weighted by Gasteiger charge is 2.13. The summed E-state index contributed by atoms with van der Waals surface area (Å²) < 4.78 is 86.7. The number of benzene rings is 9. The van der Waals surface area contributed by atoms with E-state index in [-0.39, 0.29) is 71.0 Å². The number of carboxylic acid groups (broad SMARTS) is 1. The fourth-order valence-electron chi connectivity index (χ4n) is 8.42. The van der Waals surface area contributed by atoms with E-state index < -0.39 is 38.6 Å². The van der Waals surface area contributed by atoms with Gasteiger partial charge in [0.15, 0.2) is 0 Å². The predicted molar refractivity (Wildman–Crippen MR) is 362 cm³/mol. The van der Waals surface area contributed by atoms with Crippen LogP contribution in [0.2, 0.25) is 0 Å². The van der Waals surface area contributed by atoms with Crippen LogP contribution in [0.3, 0.4) is 0 Å². The summed E-state index contributed by atoms with van der Waals surface area (Å²) in [5.74, 6) is -2.10. The van der Waals surface area contributed by atoms with Crippen molar-refractivity contribution in [1.29, 1.82) is 0 Å². The Morgan fingerprint density at radius 1 is 0.418 bits per heavy atom. The van der Waals surface area contributed by atoms with Crippen LogP contribution in [0.5, 0.6) is 34.5 Å². The standard InChI is InChI=1S/C24H24N2O4.C21H20N2O10S2.C13H10O4.C8H8O3.C3H10N2/c1-16(18-6-9-22(28)10-7-18)25-12-3-13-26-24(29)21-5-4-20-15-23(30-17(2)27)11-8-19(20)14-21;24-20(14-4-7-18(8-5-14)32-34(26,27)28)22-10-1-11-23-21(25)17-3-2-16-13-19(33-35(29,30)31)9-6-15(16)12-17;1-8(14)17-12-5-4-9-6-11(13(15)16)3-2-10(9)7-12;1-11-8(10)6-2-4-7(9)5-3-6;4-2-1-3-5/h4-11,14-15,25,28H,1,3,12-13H2,2H3,(H,26,29);2-9,12-13H,1,10-11H2,(H,22,24)(H,23,25)(H,26,27,28)(H,29,30,31);2-7H,1H3,(H,15,16);2-5,9H,1H3;1-5H2/p-2. The molecule has 0 aliphatic rings. The average Bonchev–Trinajstić information content (AvgIpc) is 0.833. The molecule has 0 saturated carbocycles. The number of aromatic hydroxyl groups is 2. The molecule has 0 aliphatic carbocycles. The van der Waals surface area contributed by atoms with Crippen molar-refractivity contribution in [2.75, 3.05) is 46.4 Å². The number of amides is 3. The molecule has 27 nitrogen and oxygen atoms in total. The number of nitrogens with two attached hydrogens (primary N) is 2. The van der Waals surface area contributed by atoms with Gasteiger partial charge in [0.1, 0.15) is 34.5 Å². The van der Waals surface area contributed by atoms with E-state index in [1.54, 1.807) is 84.9 Å². The number of phenolic OH excluding ortho intramolecular Hbond substituents is 2. The molecule has 0 atom stereocenters. The number of aromatic carboxylic acids is 1. The molecule has 0 saturated heterocycles. The van der Waals surface area contributed by atoms with E-state index in [0.717, 1.165) is 58.7 Å². The monoisotopic (exact) mass is 1380 g/mol. The molecular formula is C69H70N6O21S2-2. The lowest BCUT2D eigenvalue weighted by atomic mass is 10.1. The summed E-state index contributed by atoms with van der Waals surface area (Å²) in [6.07, 6.45) is 2.10. The lowest BCUT2D eigenvalue weighted by Gasteiger charge is -2.11. The zero-order chi connectivity index (χ0) is 72.0. The minimum Gasteiger partial charge on any atom is -0.716 e. The van der Waals surface area contributed by atoms with Gasteiger partial charge in [0.05, 0.1) is 18.2 Å². The van der Waals surface area contributed by atoms with E-state index in [1.807, 2.05) is 18.2 Å². The molecule has 0 fully saturated rings. The van der Waals surface area contributed by atoms with Crippen molar-refractivity contribution in [3.05, 3.63) is 222 Å². The van der Waals surface area contributed by atoms with E-state index in [2.05, 4.69) is 40.9 Å². The molecule has 9 rings (SSSR count). The van der Waals surface area contributed by atoms with Crippen molar-refractivity contribution in [3.63, 3.8) is 0 Å². The van der Waals surface area contributed by atoms with Crippen LogP contribution < -0.4 is 50.6 Å². The third-order valence-electron chi connectivity index (χ3n) is 13.1. The fraction of sp³-hybridized carbons (Fsp3) is 0.174. The van der Waals surface area contributed by atoms with Crippen LogP contribution in [-0.4, -0.2) is 129 Å². The lowest BCUT2D eigenvalue weighted by molar-refractivity contribution is -0.132. The third kappa shape index (κ3) is 27.5. The molecule has 9 aromatic carbocycles. The first-order valence-electron chi connectivity index (χ1n) is 29.5. The van der Waals surface area contributed by atoms with Gasteiger partial charge in [-0.25, -0.2) is 26.4 Å². The van der Waals surface area contributed by atoms with Crippen molar-refractivity contribution >= 4 is 100 Å². The summed E-state index contributed by atoms with van der Waals surface area (Å²) in [6, 6.07) is 47.0. The van der Waals surface area contributed by atoms with Crippen LogP contribution in [0.15, 0.2) is 189 Å². The Morgan fingerprint density at radius 2 is 0.735 bits per heavy atom. The van der Waals surface area contributed by atoms with Crippen LogP contribution in [0.1, 0.15) is 90.5 Å². The molecule has 0 aromatic heterocycles. The normalized spacial score (nSPS) is 10.6. The summed E-state index contributed by atoms with van der Waals surface area (Å²) in [4.78, 5) is 80.4. The van der Waals surface area contributed by atoms with Crippen molar-refractivity contribution in [3.8, 4) is 34.5 Å². The number of esters is 3. The quantitative estimate of drug-likeness (QED) is 0.00967. The van der Waals surface area contributed by atoms with E-state index in [1.165, 1.54) is 99.8 Å². The number of carboxylic acids is 1. The van der Waals surface area contributed by atoms with Crippen LogP contribution >= 0.6 is 0 Å². The van der Waals surface area contributed by atoms with Gasteiger partial charge in [0.25, 0.3) is 38.5 Å².